The zero-order valence-electron chi connectivity index (χ0n) is 8.57. The Morgan fingerprint density at radius 1 is 1.57 bits per heavy atom. The van der Waals surface area contributed by atoms with E-state index in [2.05, 4.69) is 22.4 Å². The molecule has 14 heavy (non-hydrogen) atoms. The molecule has 2 rings (SSSR count). The third kappa shape index (κ3) is 1.75. The van der Waals surface area contributed by atoms with Crippen LogP contribution in [0, 0.1) is 5.41 Å². The number of hydrogen-bond donors (Lipinski definition) is 0. The quantitative estimate of drug-likeness (QED) is 0.722. The van der Waals surface area contributed by atoms with Gasteiger partial charge in [-0.3, -0.25) is 0 Å². The zero-order chi connectivity index (χ0) is 10.2. The van der Waals surface area contributed by atoms with Gasteiger partial charge in [0.1, 0.15) is 0 Å². The lowest BCUT2D eigenvalue weighted by Crippen LogP contribution is -2.15. The van der Waals surface area contributed by atoms with Gasteiger partial charge in [0.15, 0.2) is 5.82 Å². The molecule has 1 aliphatic carbocycles. The fraction of sp³-hybridized carbons (Fsp3) is 0.889. The van der Waals surface area contributed by atoms with E-state index < -0.39 is 0 Å². The lowest BCUT2D eigenvalue weighted by Gasteiger charge is -2.13. The summed E-state index contributed by atoms with van der Waals surface area (Å²) in [4.78, 5) is 0. The molecule has 1 heterocycles. The van der Waals surface area contributed by atoms with Crippen LogP contribution in [-0.4, -0.2) is 20.2 Å². The second-order valence-electron chi connectivity index (χ2n) is 4.16. The summed E-state index contributed by atoms with van der Waals surface area (Å²) in [5.74, 6) is 0.784. The molecule has 1 aromatic rings. The molecule has 4 nitrogen and oxygen atoms in total. The van der Waals surface area contributed by atoms with E-state index in [0.717, 1.165) is 12.4 Å². The standard InChI is InChI=1S/C9H15ClN4/c1-3-9(4-5-9)6-14-8(7(2)10)11-12-13-14/h7H,3-6H2,1-2H3. The number of tetrazole rings is 1. The van der Waals surface area contributed by atoms with Crippen LogP contribution >= 0.6 is 11.6 Å². The van der Waals surface area contributed by atoms with Crippen molar-refractivity contribution in [1.29, 1.82) is 0 Å². The van der Waals surface area contributed by atoms with Gasteiger partial charge in [0.25, 0.3) is 0 Å². The van der Waals surface area contributed by atoms with Gasteiger partial charge < -0.3 is 0 Å². The lowest BCUT2D eigenvalue weighted by atomic mass is 10.0. The minimum atomic E-state index is -0.113. The van der Waals surface area contributed by atoms with Crippen LogP contribution in [0.5, 0.6) is 0 Å². The molecular weight excluding hydrogens is 200 g/mol. The fourth-order valence-corrected chi connectivity index (χ4v) is 1.88. The Morgan fingerprint density at radius 3 is 2.79 bits per heavy atom. The highest BCUT2D eigenvalue weighted by atomic mass is 35.5. The van der Waals surface area contributed by atoms with E-state index in [1.165, 1.54) is 19.3 Å². The topological polar surface area (TPSA) is 43.6 Å². The second-order valence-corrected chi connectivity index (χ2v) is 4.82. The average molecular weight is 215 g/mol. The first-order valence-electron chi connectivity index (χ1n) is 5.07. The fourth-order valence-electron chi connectivity index (χ4n) is 1.73. The molecule has 1 fully saturated rings. The Balaban J connectivity index is 2.12. The molecule has 5 heteroatoms. The summed E-state index contributed by atoms with van der Waals surface area (Å²) < 4.78 is 1.86. The normalized spacial score (nSPS) is 20.8. The van der Waals surface area contributed by atoms with Crippen molar-refractivity contribution in [3.8, 4) is 0 Å². The SMILES string of the molecule is CCC1(Cn2nnnc2C(C)Cl)CC1. The van der Waals surface area contributed by atoms with Gasteiger partial charge in [-0.15, -0.1) is 16.7 Å². The Morgan fingerprint density at radius 2 is 2.29 bits per heavy atom. The summed E-state index contributed by atoms with van der Waals surface area (Å²) in [6.07, 6.45) is 3.78. The Bertz CT molecular complexity index is 316. The maximum Gasteiger partial charge on any atom is 0.168 e. The zero-order valence-corrected chi connectivity index (χ0v) is 9.33. The summed E-state index contributed by atoms with van der Waals surface area (Å²) >= 11 is 5.98. The third-order valence-corrected chi connectivity index (χ3v) is 3.30. The van der Waals surface area contributed by atoms with E-state index in [1.54, 1.807) is 0 Å². The second kappa shape index (κ2) is 3.50. The molecule has 0 amide bonds. The van der Waals surface area contributed by atoms with Crippen molar-refractivity contribution in [2.45, 2.75) is 45.0 Å². The van der Waals surface area contributed by atoms with Crippen LogP contribution in [0.2, 0.25) is 0 Å². The highest BCUT2D eigenvalue weighted by Gasteiger charge is 2.41. The molecule has 78 valence electrons. The molecule has 0 radical (unpaired) electrons. The van der Waals surface area contributed by atoms with Crippen LogP contribution in [0.4, 0.5) is 0 Å². The summed E-state index contributed by atoms with van der Waals surface area (Å²) in [7, 11) is 0. The molecular formula is C9H15ClN4. The minimum absolute atomic E-state index is 0.113. The largest absolute Gasteiger partial charge is 0.228 e. The van der Waals surface area contributed by atoms with Crippen molar-refractivity contribution >= 4 is 11.6 Å². The molecule has 0 saturated heterocycles. The predicted molar refractivity (Wildman–Crippen MR) is 54.0 cm³/mol. The van der Waals surface area contributed by atoms with E-state index in [9.17, 15) is 0 Å². The number of aromatic nitrogens is 4. The first kappa shape index (κ1) is 9.90. The van der Waals surface area contributed by atoms with Gasteiger partial charge in [0, 0.05) is 0 Å². The highest BCUT2D eigenvalue weighted by Crippen LogP contribution is 2.50. The summed E-state index contributed by atoms with van der Waals surface area (Å²) in [6.45, 7) is 5.04. The Labute approximate surface area is 88.6 Å². The molecule has 0 N–H and O–H groups in total. The van der Waals surface area contributed by atoms with Crippen molar-refractivity contribution < 1.29 is 0 Å². The molecule has 1 atom stereocenters. The summed E-state index contributed by atoms with van der Waals surface area (Å²) in [5.41, 5.74) is 0.454. The van der Waals surface area contributed by atoms with Crippen molar-refractivity contribution in [3.05, 3.63) is 5.82 Å². The predicted octanol–water partition coefficient (Wildman–Crippen LogP) is 2.16. The van der Waals surface area contributed by atoms with Crippen molar-refractivity contribution in [3.63, 3.8) is 0 Å². The number of rotatable bonds is 4. The first-order valence-corrected chi connectivity index (χ1v) is 5.51. The van der Waals surface area contributed by atoms with Gasteiger partial charge in [-0.1, -0.05) is 6.92 Å². The molecule has 0 spiro atoms. The number of hydrogen-bond acceptors (Lipinski definition) is 3. The van der Waals surface area contributed by atoms with Gasteiger partial charge in [0.05, 0.1) is 11.9 Å². The molecule has 1 unspecified atom stereocenters. The van der Waals surface area contributed by atoms with Crippen LogP contribution in [0.15, 0.2) is 0 Å². The Hall–Kier alpha value is -0.640. The monoisotopic (exact) mass is 214 g/mol. The lowest BCUT2D eigenvalue weighted by molar-refractivity contribution is 0.371. The van der Waals surface area contributed by atoms with Gasteiger partial charge in [0.2, 0.25) is 0 Å². The number of halogens is 1. The summed E-state index contributed by atoms with van der Waals surface area (Å²) in [6, 6.07) is 0. The van der Waals surface area contributed by atoms with Crippen LogP contribution in [0.1, 0.15) is 44.3 Å². The molecule has 1 saturated carbocycles. The van der Waals surface area contributed by atoms with E-state index >= 15 is 0 Å². The van der Waals surface area contributed by atoms with Crippen LogP contribution in [0.3, 0.4) is 0 Å². The van der Waals surface area contributed by atoms with Crippen molar-refractivity contribution in [1.82, 2.24) is 20.2 Å². The van der Waals surface area contributed by atoms with Gasteiger partial charge in [-0.2, -0.15) is 0 Å². The molecule has 0 bridgehead atoms. The van der Waals surface area contributed by atoms with Crippen LogP contribution < -0.4 is 0 Å². The number of alkyl halides is 1. The Kier molecular flexibility index (Phi) is 2.47. The third-order valence-electron chi connectivity index (χ3n) is 3.11. The minimum Gasteiger partial charge on any atom is -0.228 e. The van der Waals surface area contributed by atoms with Gasteiger partial charge in [-0.05, 0) is 42.0 Å². The van der Waals surface area contributed by atoms with Gasteiger partial charge >= 0.3 is 0 Å². The highest BCUT2D eigenvalue weighted by molar-refractivity contribution is 6.20. The molecule has 0 aliphatic heterocycles. The van der Waals surface area contributed by atoms with E-state index in [-0.39, 0.29) is 5.38 Å². The van der Waals surface area contributed by atoms with E-state index in [0.29, 0.717) is 5.41 Å². The molecule has 1 aromatic heterocycles. The van der Waals surface area contributed by atoms with E-state index in [4.69, 9.17) is 11.6 Å². The maximum atomic E-state index is 5.98. The van der Waals surface area contributed by atoms with Crippen molar-refractivity contribution in [2.75, 3.05) is 0 Å². The number of nitrogens with zero attached hydrogens (tertiary/aromatic N) is 4. The van der Waals surface area contributed by atoms with Crippen LogP contribution in [0.25, 0.3) is 0 Å². The van der Waals surface area contributed by atoms with Crippen molar-refractivity contribution in [2.24, 2.45) is 5.41 Å². The van der Waals surface area contributed by atoms with Crippen LogP contribution in [-0.2, 0) is 6.54 Å². The summed E-state index contributed by atoms with van der Waals surface area (Å²) in [5, 5.41) is 11.5. The van der Waals surface area contributed by atoms with Gasteiger partial charge in [-0.25, -0.2) is 4.68 Å². The first-order chi connectivity index (χ1) is 6.67. The molecule has 1 aliphatic rings. The molecule has 0 aromatic carbocycles. The maximum absolute atomic E-state index is 5.98. The van der Waals surface area contributed by atoms with E-state index in [1.807, 2.05) is 11.6 Å². The average Bonchev–Trinajstić information content (AvgIpc) is 2.76. The smallest absolute Gasteiger partial charge is 0.168 e.